The average molecular weight is 546 g/mol. The maximum atomic E-state index is 12.3. The molecule has 40 heavy (non-hydrogen) atoms. The van der Waals surface area contributed by atoms with Crippen molar-refractivity contribution in [2.45, 2.75) is 13.3 Å². The first-order valence-corrected chi connectivity index (χ1v) is 12.7. The van der Waals surface area contributed by atoms with Crippen molar-refractivity contribution in [1.29, 1.82) is 5.26 Å². The molecule has 5 N–H and O–H groups in total. The van der Waals surface area contributed by atoms with Gasteiger partial charge in [0.05, 0.1) is 19.0 Å². The molecule has 0 bridgehead atoms. The van der Waals surface area contributed by atoms with Crippen LogP contribution in [0.5, 0.6) is 0 Å². The lowest BCUT2D eigenvalue weighted by molar-refractivity contribution is -0.131. The van der Waals surface area contributed by atoms with Crippen molar-refractivity contribution in [1.82, 2.24) is 35.3 Å². The largest absolute Gasteiger partial charge is 0.368 e. The molecule has 3 aromatic rings. The van der Waals surface area contributed by atoms with Gasteiger partial charge in [-0.2, -0.15) is 20.3 Å². The zero-order valence-electron chi connectivity index (χ0n) is 23.2. The van der Waals surface area contributed by atoms with E-state index >= 15 is 0 Å². The Hall–Kier alpha value is -4.96. The second-order valence-corrected chi connectivity index (χ2v) is 9.32. The number of hydrogen-bond acceptors (Lipinski definition) is 10. The monoisotopic (exact) mass is 545 g/mol. The molecule has 0 saturated carbocycles. The Morgan fingerprint density at radius 3 is 2.45 bits per heavy atom. The molecular weight excluding hydrogens is 510 g/mol. The molecule has 210 valence electrons. The van der Waals surface area contributed by atoms with Crippen LogP contribution in [0.4, 0.5) is 29.1 Å². The van der Waals surface area contributed by atoms with Gasteiger partial charge >= 0.3 is 0 Å². The van der Waals surface area contributed by atoms with Crippen molar-refractivity contribution in [2.24, 2.45) is 0 Å². The summed E-state index contributed by atoms with van der Waals surface area (Å²) in [5.74, 6) is 1.50. The number of carbonyl (C=O) groups excluding carboxylic acids is 2. The lowest BCUT2D eigenvalue weighted by Crippen LogP contribution is -2.39. The van der Waals surface area contributed by atoms with Gasteiger partial charge in [-0.25, -0.2) is 0 Å². The summed E-state index contributed by atoms with van der Waals surface area (Å²) in [5, 5.41) is 28.3. The molecule has 0 unspecified atom stereocenters. The SMILES string of the molecule is Cc1cc(Nc2cc(NCCNC(=O)CN(C)C(=O)/C=C/CN(C)C)nc(Nc3ccc(CC#N)cc3)n2)n[nH]1. The van der Waals surface area contributed by atoms with E-state index in [4.69, 9.17) is 5.26 Å². The van der Waals surface area contributed by atoms with E-state index in [1.54, 1.807) is 19.2 Å². The second-order valence-electron chi connectivity index (χ2n) is 9.32. The maximum Gasteiger partial charge on any atom is 0.246 e. The lowest BCUT2D eigenvalue weighted by atomic mass is 10.1. The number of aromatic amines is 1. The number of likely N-dealkylation sites (N-methyl/N-ethyl adjacent to an activating group) is 2. The van der Waals surface area contributed by atoms with Crippen molar-refractivity contribution in [3.8, 4) is 6.07 Å². The van der Waals surface area contributed by atoms with Gasteiger partial charge in [0.15, 0.2) is 5.82 Å². The van der Waals surface area contributed by atoms with Crippen LogP contribution in [0.3, 0.4) is 0 Å². The van der Waals surface area contributed by atoms with Gasteiger partial charge < -0.3 is 31.1 Å². The highest BCUT2D eigenvalue weighted by Gasteiger charge is 2.11. The summed E-state index contributed by atoms with van der Waals surface area (Å²) >= 11 is 0. The van der Waals surface area contributed by atoms with E-state index in [2.05, 4.69) is 47.5 Å². The Bertz CT molecular complexity index is 1340. The van der Waals surface area contributed by atoms with E-state index < -0.39 is 0 Å². The third-order valence-corrected chi connectivity index (χ3v) is 5.42. The molecular formula is C27H35N11O2. The van der Waals surface area contributed by atoms with E-state index in [1.165, 1.54) is 11.0 Å². The number of carbonyl (C=O) groups is 2. The van der Waals surface area contributed by atoms with Crippen LogP contribution in [-0.2, 0) is 16.0 Å². The normalized spacial score (nSPS) is 10.8. The smallest absolute Gasteiger partial charge is 0.246 e. The van der Waals surface area contributed by atoms with Crippen LogP contribution in [0, 0.1) is 18.3 Å². The van der Waals surface area contributed by atoms with Gasteiger partial charge in [-0.15, -0.1) is 0 Å². The predicted molar refractivity (Wildman–Crippen MR) is 155 cm³/mol. The first-order valence-electron chi connectivity index (χ1n) is 12.7. The molecule has 2 heterocycles. The number of hydrogen-bond donors (Lipinski definition) is 5. The molecule has 13 heteroatoms. The lowest BCUT2D eigenvalue weighted by Gasteiger charge is -2.15. The molecule has 0 fully saturated rings. The molecule has 0 aliphatic heterocycles. The van der Waals surface area contributed by atoms with Crippen molar-refractivity contribution < 1.29 is 9.59 Å². The minimum absolute atomic E-state index is 0.0446. The molecule has 0 saturated heterocycles. The topological polar surface area (TPSA) is 167 Å². The summed E-state index contributed by atoms with van der Waals surface area (Å²) in [6, 6.07) is 13.2. The molecule has 3 rings (SSSR count). The summed E-state index contributed by atoms with van der Waals surface area (Å²) in [6.45, 7) is 3.22. The van der Waals surface area contributed by atoms with Gasteiger partial charge in [-0.1, -0.05) is 18.2 Å². The van der Waals surface area contributed by atoms with Gasteiger partial charge in [0, 0.05) is 56.3 Å². The van der Waals surface area contributed by atoms with E-state index in [1.807, 2.05) is 56.3 Å². The van der Waals surface area contributed by atoms with Gasteiger partial charge in [0.25, 0.3) is 0 Å². The van der Waals surface area contributed by atoms with E-state index in [0.717, 1.165) is 16.9 Å². The van der Waals surface area contributed by atoms with Crippen LogP contribution < -0.4 is 21.3 Å². The Kier molecular flexibility index (Phi) is 11.0. The first-order chi connectivity index (χ1) is 19.2. The number of H-pyrrole nitrogens is 1. The zero-order chi connectivity index (χ0) is 28.9. The van der Waals surface area contributed by atoms with Crippen molar-refractivity contribution in [3.63, 3.8) is 0 Å². The number of benzene rings is 1. The minimum atomic E-state index is -0.264. The van der Waals surface area contributed by atoms with Crippen molar-refractivity contribution in [2.75, 3.05) is 63.3 Å². The first kappa shape index (κ1) is 29.6. The second kappa shape index (κ2) is 14.8. The number of rotatable bonds is 14. The quantitative estimate of drug-likeness (QED) is 0.150. The molecule has 0 aliphatic rings. The van der Waals surface area contributed by atoms with Crippen LogP contribution >= 0.6 is 0 Å². The van der Waals surface area contributed by atoms with Crippen LogP contribution in [0.25, 0.3) is 0 Å². The molecule has 2 aromatic heterocycles. The third-order valence-electron chi connectivity index (χ3n) is 5.42. The third kappa shape index (κ3) is 10.1. The molecule has 0 atom stereocenters. The van der Waals surface area contributed by atoms with Crippen LogP contribution in [-0.4, -0.2) is 89.1 Å². The number of aromatic nitrogens is 4. The summed E-state index contributed by atoms with van der Waals surface area (Å²) in [5.41, 5.74) is 2.58. The molecule has 0 aliphatic carbocycles. The van der Waals surface area contributed by atoms with Gasteiger partial charge in [0.1, 0.15) is 11.6 Å². The zero-order valence-corrected chi connectivity index (χ0v) is 23.2. The van der Waals surface area contributed by atoms with Gasteiger partial charge in [0.2, 0.25) is 17.8 Å². The summed E-state index contributed by atoms with van der Waals surface area (Å²) in [7, 11) is 5.41. The van der Waals surface area contributed by atoms with Crippen LogP contribution in [0.1, 0.15) is 11.3 Å². The standard InChI is InChI=1S/C27H35N11O2/c1-19-16-24(36-35-19)32-23-17-22(33-27(34-23)31-21-9-7-20(8-10-21)11-12-28)29-13-14-30-25(39)18-38(4)26(40)6-5-15-37(2)3/h5-10,16-17H,11,13-15,18H2,1-4H3,(H,30,39)(H4,29,31,32,33,34,35,36)/b6-5+. The van der Waals surface area contributed by atoms with Crippen LogP contribution in [0.2, 0.25) is 0 Å². The number of amides is 2. The number of aryl methyl sites for hydroxylation is 1. The predicted octanol–water partition coefficient (Wildman–Crippen LogP) is 2.17. The highest BCUT2D eigenvalue weighted by atomic mass is 16.2. The maximum absolute atomic E-state index is 12.3. The highest BCUT2D eigenvalue weighted by molar-refractivity contribution is 5.91. The molecule has 0 spiro atoms. The molecule has 2 amide bonds. The fourth-order valence-corrected chi connectivity index (χ4v) is 3.43. The number of nitriles is 1. The van der Waals surface area contributed by atoms with Crippen LogP contribution in [0.15, 0.2) is 48.6 Å². The summed E-state index contributed by atoms with van der Waals surface area (Å²) in [4.78, 5) is 36.8. The minimum Gasteiger partial charge on any atom is -0.368 e. The Morgan fingerprint density at radius 2 is 1.77 bits per heavy atom. The van der Waals surface area contributed by atoms with Crippen molar-refractivity contribution in [3.05, 3.63) is 59.8 Å². The van der Waals surface area contributed by atoms with Gasteiger partial charge in [-0.05, 0) is 38.7 Å². The van der Waals surface area contributed by atoms with E-state index in [0.29, 0.717) is 49.5 Å². The average Bonchev–Trinajstić information content (AvgIpc) is 3.31. The molecule has 1 aromatic carbocycles. The number of nitrogens with one attached hydrogen (secondary N) is 5. The van der Waals surface area contributed by atoms with E-state index in [-0.39, 0.29) is 18.4 Å². The molecule has 0 radical (unpaired) electrons. The fourth-order valence-electron chi connectivity index (χ4n) is 3.43. The highest BCUT2D eigenvalue weighted by Crippen LogP contribution is 2.21. The van der Waals surface area contributed by atoms with Gasteiger partial charge in [-0.3, -0.25) is 14.7 Å². The fraction of sp³-hybridized carbons (Fsp3) is 0.333. The number of nitrogens with zero attached hydrogens (tertiary/aromatic N) is 6. The Balaban J connectivity index is 1.58. The Morgan fingerprint density at radius 1 is 1.02 bits per heavy atom. The Labute approximate surface area is 233 Å². The summed E-state index contributed by atoms with van der Waals surface area (Å²) < 4.78 is 0. The molecule has 13 nitrogen and oxygen atoms in total. The number of anilines is 5. The van der Waals surface area contributed by atoms with Crippen molar-refractivity contribution >= 4 is 40.9 Å². The van der Waals surface area contributed by atoms with E-state index in [9.17, 15) is 9.59 Å². The summed E-state index contributed by atoms with van der Waals surface area (Å²) in [6.07, 6.45) is 3.56.